The summed E-state index contributed by atoms with van der Waals surface area (Å²) in [4.78, 5) is 28.0. The molecule has 0 amide bonds. The topological polar surface area (TPSA) is 100 Å². The molecule has 0 spiro atoms. The first-order valence-corrected chi connectivity index (χ1v) is 11.2. The predicted molar refractivity (Wildman–Crippen MR) is 130 cm³/mol. The molecule has 8 heteroatoms. The molecule has 172 valence electrons. The van der Waals surface area contributed by atoms with Crippen LogP contribution in [-0.2, 0) is 6.61 Å². The number of piperazine rings is 1. The van der Waals surface area contributed by atoms with E-state index in [4.69, 9.17) is 9.72 Å². The Kier molecular flexibility index (Phi) is 6.05. The lowest BCUT2D eigenvalue weighted by atomic mass is 9.98. The first kappa shape index (κ1) is 21.8. The fourth-order valence-electron chi connectivity index (χ4n) is 4.25. The molecule has 1 aliphatic heterocycles. The van der Waals surface area contributed by atoms with Gasteiger partial charge in [0.15, 0.2) is 5.69 Å². The second-order valence-electron chi connectivity index (χ2n) is 8.17. The van der Waals surface area contributed by atoms with Crippen LogP contribution in [0.3, 0.4) is 0 Å². The molecule has 1 aliphatic rings. The van der Waals surface area contributed by atoms with Gasteiger partial charge in [-0.15, -0.1) is 0 Å². The first-order valence-electron chi connectivity index (χ1n) is 11.2. The Labute approximate surface area is 197 Å². The third-order valence-corrected chi connectivity index (χ3v) is 5.96. The number of rotatable bonds is 6. The van der Waals surface area contributed by atoms with Crippen LogP contribution in [0.1, 0.15) is 21.6 Å². The number of ether oxygens (including phenoxy) is 1. The SMILES string of the molecule is Cc1c(C(=O)O)nc2c(OCc3ccccc3)cccc2c1-c1ccnc(N2CCNCC2)n1. The lowest BCUT2D eigenvalue weighted by Crippen LogP contribution is -2.44. The van der Waals surface area contributed by atoms with E-state index in [0.29, 0.717) is 35.1 Å². The van der Waals surface area contributed by atoms with Crippen LogP contribution in [0.15, 0.2) is 60.8 Å². The Morgan fingerprint density at radius 2 is 1.85 bits per heavy atom. The molecule has 0 unspecified atom stereocenters. The number of carbonyl (C=O) groups is 1. The van der Waals surface area contributed by atoms with Crippen molar-refractivity contribution < 1.29 is 14.6 Å². The summed E-state index contributed by atoms with van der Waals surface area (Å²) in [7, 11) is 0. The van der Waals surface area contributed by atoms with Crippen LogP contribution < -0.4 is 15.0 Å². The molecule has 0 saturated carbocycles. The second kappa shape index (κ2) is 9.44. The zero-order chi connectivity index (χ0) is 23.5. The van der Waals surface area contributed by atoms with Crippen molar-refractivity contribution in [3.8, 4) is 17.0 Å². The van der Waals surface area contributed by atoms with Crippen molar-refractivity contribution in [2.45, 2.75) is 13.5 Å². The van der Waals surface area contributed by atoms with Gasteiger partial charge in [-0.05, 0) is 30.2 Å². The number of hydrogen-bond donors (Lipinski definition) is 2. The van der Waals surface area contributed by atoms with Gasteiger partial charge in [-0.3, -0.25) is 0 Å². The molecule has 3 heterocycles. The maximum Gasteiger partial charge on any atom is 0.354 e. The number of aromatic nitrogens is 3. The fourth-order valence-corrected chi connectivity index (χ4v) is 4.25. The minimum atomic E-state index is -1.09. The van der Waals surface area contributed by atoms with Crippen LogP contribution in [0.25, 0.3) is 22.2 Å². The lowest BCUT2D eigenvalue weighted by Gasteiger charge is -2.27. The Bertz CT molecular complexity index is 1340. The fraction of sp³-hybridized carbons (Fsp3) is 0.231. The Balaban J connectivity index is 1.62. The number of aromatic carboxylic acids is 1. The van der Waals surface area contributed by atoms with Crippen molar-refractivity contribution in [2.75, 3.05) is 31.1 Å². The Morgan fingerprint density at radius 1 is 1.06 bits per heavy atom. The molecule has 2 aromatic heterocycles. The van der Waals surface area contributed by atoms with Gasteiger partial charge in [-0.25, -0.2) is 19.7 Å². The number of carboxylic acid groups (broad SMARTS) is 1. The molecule has 8 nitrogen and oxygen atoms in total. The van der Waals surface area contributed by atoms with Crippen LogP contribution in [0.2, 0.25) is 0 Å². The largest absolute Gasteiger partial charge is 0.487 e. The van der Waals surface area contributed by atoms with Crippen molar-refractivity contribution in [1.29, 1.82) is 0 Å². The van der Waals surface area contributed by atoms with Gasteiger partial charge < -0.3 is 20.1 Å². The van der Waals surface area contributed by atoms with Crippen LogP contribution in [-0.4, -0.2) is 52.2 Å². The van der Waals surface area contributed by atoms with Gasteiger partial charge >= 0.3 is 5.97 Å². The molecule has 1 saturated heterocycles. The van der Waals surface area contributed by atoms with Gasteiger partial charge in [0.2, 0.25) is 5.95 Å². The lowest BCUT2D eigenvalue weighted by molar-refractivity contribution is 0.0690. The molecule has 0 aliphatic carbocycles. The molecular weight excluding hydrogens is 430 g/mol. The van der Waals surface area contributed by atoms with E-state index in [1.54, 1.807) is 13.1 Å². The monoisotopic (exact) mass is 455 g/mol. The maximum absolute atomic E-state index is 12.1. The van der Waals surface area contributed by atoms with E-state index in [9.17, 15) is 9.90 Å². The summed E-state index contributed by atoms with van der Waals surface area (Å²) in [5, 5.41) is 14.0. The molecule has 0 atom stereocenters. The average molecular weight is 456 g/mol. The zero-order valence-electron chi connectivity index (χ0n) is 18.9. The summed E-state index contributed by atoms with van der Waals surface area (Å²) in [6.07, 6.45) is 1.72. The van der Waals surface area contributed by atoms with Crippen LogP contribution in [0.5, 0.6) is 5.75 Å². The number of para-hydroxylation sites is 1. The normalized spacial score (nSPS) is 13.7. The Morgan fingerprint density at radius 3 is 2.62 bits per heavy atom. The highest BCUT2D eigenvalue weighted by atomic mass is 16.5. The van der Waals surface area contributed by atoms with Crippen LogP contribution in [0, 0.1) is 6.92 Å². The van der Waals surface area contributed by atoms with Gasteiger partial charge in [-0.1, -0.05) is 42.5 Å². The summed E-state index contributed by atoms with van der Waals surface area (Å²) < 4.78 is 6.09. The van der Waals surface area contributed by atoms with E-state index in [-0.39, 0.29) is 5.69 Å². The quantitative estimate of drug-likeness (QED) is 0.454. The predicted octanol–water partition coefficient (Wildman–Crippen LogP) is 3.69. The average Bonchev–Trinajstić information content (AvgIpc) is 2.88. The Hall–Kier alpha value is -4.04. The van der Waals surface area contributed by atoms with E-state index in [1.165, 1.54) is 0 Å². The van der Waals surface area contributed by atoms with Crippen molar-refractivity contribution in [1.82, 2.24) is 20.3 Å². The number of hydrogen-bond acceptors (Lipinski definition) is 7. The number of anilines is 1. The molecule has 5 rings (SSSR count). The van der Waals surface area contributed by atoms with E-state index in [0.717, 1.165) is 42.7 Å². The standard InChI is InChI=1S/C26H25N5O3/c1-17-22(20-10-11-28-26(29-20)31-14-12-27-13-15-31)19-8-5-9-21(24(19)30-23(17)25(32)33)34-16-18-6-3-2-4-7-18/h2-11,27H,12-16H2,1H3,(H,32,33). The number of fused-ring (bicyclic) bond motifs is 1. The number of carboxylic acids is 1. The molecule has 1 fully saturated rings. The zero-order valence-corrected chi connectivity index (χ0v) is 18.9. The van der Waals surface area contributed by atoms with E-state index in [1.807, 2.05) is 54.6 Å². The van der Waals surface area contributed by atoms with Gasteiger partial charge in [0, 0.05) is 43.3 Å². The van der Waals surface area contributed by atoms with Crippen LogP contribution >= 0.6 is 0 Å². The molecule has 0 bridgehead atoms. The van der Waals surface area contributed by atoms with Crippen molar-refractivity contribution in [3.05, 3.63) is 77.6 Å². The molecule has 2 aromatic carbocycles. The summed E-state index contributed by atoms with van der Waals surface area (Å²) in [6, 6.07) is 17.3. The van der Waals surface area contributed by atoms with E-state index < -0.39 is 5.97 Å². The molecule has 4 aromatic rings. The first-order chi connectivity index (χ1) is 16.6. The number of benzene rings is 2. The van der Waals surface area contributed by atoms with Gasteiger partial charge in [0.05, 0.1) is 5.69 Å². The van der Waals surface area contributed by atoms with E-state index in [2.05, 4.69) is 20.2 Å². The van der Waals surface area contributed by atoms with Crippen molar-refractivity contribution >= 4 is 22.8 Å². The van der Waals surface area contributed by atoms with Gasteiger partial charge in [0.25, 0.3) is 0 Å². The smallest absolute Gasteiger partial charge is 0.354 e. The summed E-state index contributed by atoms with van der Waals surface area (Å²) >= 11 is 0. The highest BCUT2D eigenvalue weighted by Gasteiger charge is 2.22. The van der Waals surface area contributed by atoms with Crippen molar-refractivity contribution in [2.24, 2.45) is 0 Å². The molecule has 2 N–H and O–H groups in total. The molecular formula is C26H25N5O3. The summed E-state index contributed by atoms with van der Waals surface area (Å²) in [5.74, 6) is 0.0769. The third-order valence-electron chi connectivity index (χ3n) is 5.96. The number of nitrogens with one attached hydrogen (secondary N) is 1. The molecule has 0 radical (unpaired) electrons. The molecule has 34 heavy (non-hydrogen) atoms. The maximum atomic E-state index is 12.1. The van der Waals surface area contributed by atoms with Crippen LogP contribution in [0.4, 0.5) is 5.95 Å². The highest BCUT2D eigenvalue weighted by molar-refractivity contribution is 6.03. The van der Waals surface area contributed by atoms with Gasteiger partial charge in [0.1, 0.15) is 17.9 Å². The van der Waals surface area contributed by atoms with Crippen molar-refractivity contribution in [3.63, 3.8) is 0 Å². The number of nitrogens with zero attached hydrogens (tertiary/aromatic N) is 4. The summed E-state index contributed by atoms with van der Waals surface area (Å²) in [5.41, 5.74) is 3.45. The second-order valence-corrected chi connectivity index (χ2v) is 8.17. The van der Waals surface area contributed by atoms with E-state index >= 15 is 0 Å². The van der Waals surface area contributed by atoms with Gasteiger partial charge in [-0.2, -0.15) is 0 Å². The minimum absolute atomic E-state index is 0.0133. The minimum Gasteiger partial charge on any atom is -0.487 e. The third kappa shape index (κ3) is 4.27. The highest BCUT2D eigenvalue weighted by Crippen LogP contribution is 2.36. The summed E-state index contributed by atoms with van der Waals surface area (Å²) in [6.45, 7) is 5.50. The number of pyridine rings is 1.